The van der Waals surface area contributed by atoms with Gasteiger partial charge in [-0.2, -0.15) is 17.9 Å². The lowest BCUT2D eigenvalue weighted by molar-refractivity contribution is -0.386. The zero-order valence-corrected chi connectivity index (χ0v) is 14.4. The number of benzene rings is 1. The van der Waals surface area contributed by atoms with Gasteiger partial charge in [-0.05, 0) is 37.3 Å². The molecule has 1 aromatic carbocycles. The summed E-state index contributed by atoms with van der Waals surface area (Å²) in [6, 6.07) is 5.33. The minimum atomic E-state index is -4.82. The van der Waals surface area contributed by atoms with Gasteiger partial charge in [-0.3, -0.25) is 10.1 Å². The van der Waals surface area contributed by atoms with Gasteiger partial charge >= 0.3 is 17.7 Å². The number of nitro groups is 1. The molecule has 2 heterocycles. The zero-order chi connectivity index (χ0) is 20.6. The Morgan fingerprint density at radius 3 is 2.32 bits per heavy atom. The monoisotopic (exact) mass is 397 g/mol. The van der Waals surface area contributed by atoms with Gasteiger partial charge in [0.2, 0.25) is 0 Å². The molecule has 0 unspecified atom stereocenters. The molecule has 146 valence electrons. The first-order valence-corrected chi connectivity index (χ1v) is 7.62. The number of alkyl halides is 3. The van der Waals surface area contributed by atoms with Crippen molar-refractivity contribution in [2.75, 3.05) is 7.11 Å². The van der Waals surface area contributed by atoms with Crippen LogP contribution in [0.4, 0.5) is 23.2 Å². The van der Waals surface area contributed by atoms with Crippen LogP contribution < -0.4 is 4.74 Å². The SMILES string of the molecule is COc1nn(-c2nc(-c3ccc(F)cc3)cc(C(F)(F)F)n2)c(C)c1[N+](=O)[O-]. The van der Waals surface area contributed by atoms with Crippen molar-refractivity contribution < 1.29 is 27.2 Å². The fourth-order valence-electron chi connectivity index (χ4n) is 2.45. The number of hydrogen-bond acceptors (Lipinski definition) is 6. The number of ether oxygens (including phenoxy) is 1. The topological polar surface area (TPSA) is 96.0 Å². The minimum absolute atomic E-state index is 0.119. The van der Waals surface area contributed by atoms with E-state index in [4.69, 9.17) is 4.74 Å². The minimum Gasteiger partial charge on any atom is -0.475 e. The van der Waals surface area contributed by atoms with Gasteiger partial charge in [-0.25, -0.2) is 14.4 Å². The second kappa shape index (κ2) is 6.87. The van der Waals surface area contributed by atoms with Crippen molar-refractivity contribution in [3.63, 3.8) is 0 Å². The van der Waals surface area contributed by atoms with E-state index in [0.29, 0.717) is 6.07 Å². The smallest absolute Gasteiger partial charge is 0.433 e. The Morgan fingerprint density at radius 1 is 1.18 bits per heavy atom. The van der Waals surface area contributed by atoms with Crippen molar-refractivity contribution >= 4 is 5.69 Å². The Kier molecular flexibility index (Phi) is 4.71. The Morgan fingerprint density at radius 2 is 1.82 bits per heavy atom. The molecule has 0 aliphatic rings. The van der Waals surface area contributed by atoms with Crippen LogP contribution in [0.25, 0.3) is 17.2 Å². The molecule has 0 aliphatic heterocycles. The third-order valence-corrected chi connectivity index (χ3v) is 3.76. The molecule has 0 fully saturated rings. The van der Waals surface area contributed by atoms with Crippen LogP contribution in [0.1, 0.15) is 11.4 Å². The van der Waals surface area contributed by atoms with Crippen molar-refractivity contribution in [1.29, 1.82) is 0 Å². The van der Waals surface area contributed by atoms with Crippen LogP contribution >= 0.6 is 0 Å². The standard InChI is InChI=1S/C16H11F4N5O3/c1-8-13(25(26)27)14(28-2)23-24(8)15-21-11(7-12(22-15)16(18,19)20)9-3-5-10(17)6-4-9/h3-7H,1-2H3. The van der Waals surface area contributed by atoms with E-state index in [1.54, 1.807) is 0 Å². The highest BCUT2D eigenvalue weighted by Crippen LogP contribution is 2.33. The van der Waals surface area contributed by atoms with Gasteiger partial charge in [0.15, 0.2) is 5.69 Å². The lowest BCUT2D eigenvalue weighted by atomic mass is 10.1. The predicted molar refractivity (Wildman–Crippen MR) is 87.5 cm³/mol. The van der Waals surface area contributed by atoms with Gasteiger partial charge < -0.3 is 4.74 Å². The molecule has 0 amide bonds. The highest BCUT2D eigenvalue weighted by atomic mass is 19.4. The molecule has 3 aromatic rings. The summed E-state index contributed by atoms with van der Waals surface area (Å²) in [4.78, 5) is 17.9. The number of nitrogens with zero attached hydrogens (tertiary/aromatic N) is 5. The van der Waals surface area contributed by atoms with E-state index >= 15 is 0 Å². The van der Waals surface area contributed by atoms with E-state index in [0.717, 1.165) is 23.9 Å². The maximum absolute atomic E-state index is 13.3. The zero-order valence-electron chi connectivity index (χ0n) is 14.4. The summed E-state index contributed by atoms with van der Waals surface area (Å²) < 4.78 is 58.7. The first-order chi connectivity index (χ1) is 13.1. The molecule has 0 aliphatic carbocycles. The number of hydrogen-bond donors (Lipinski definition) is 0. The average Bonchev–Trinajstić information content (AvgIpc) is 2.98. The third-order valence-electron chi connectivity index (χ3n) is 3.76. The molecule has 0 N–H and O–H groups in total. The van der Waals surface area contributed by atoms with Gasteiger partial charge in [0.05, 0.1) is 17.7 Å². The van der Waals surface area contributed by atoms with Crippen molar-refractivity contribution in [1.82, 2.24) is 19.7 Å². The molecular formula is C16H11F4N5O3. The maximum atomic E-state index is 13.3. The largest absolute Gasteiger partial charge is 0.475 e. The summed E-state index contributed by atoms with van der Waals surface area (Å²) in [5, 5.41) is 15.0. The normalized spacial score (nSPS) is 11.5. The first kappa shape index (κ1) is 19.2. The van der Waals surface area contributed by atoms with Crippen LogP contribution in [0.15, 0.2) is 30.3 Å². The van der Waals surface area contributed by atoms with Crippen LogP contribution in [-0.4, -0.2) is 31.8 Å². The molecule has 2 aromatic heterocycles. The van der Waals surface area contributed by atoms with Crippen LogP contribution in [-0.2, 0) is 6.18 Å². The highest BCUT2D eigenvalue weighted by molar-refractivity contribution is 5.60. The molecule has 12 heteroatoms. The quantitative estimate of drug-likeness (QED) is 0.378. The molecule has 0 radical (unpaired) electrons. The van der Waals surface area contributed by atoms with Gasteiger partial charge in [0, 0.05) is 5.56 Å². The number of methoxy groups -OCH3 is 1. The van der Waals surface area contributed by atoms with Crippen molar-refractivity contribution in [3.05, 3.63) is 57.7 Å². The summed E-state index contributed by atoms with van der Waals surface area (Å²) in [6.07, 6.45) is -4.82. The van der Waals surface area contributed by atoms with E-state index < -0.39 is 40.1 Å². The molecule has 0 saturated heterocycles. The van der Waals surface area contributed by atoms with Crippen molar-refractivity contribution in [2.45, 2.75) is 13.1 Å². The van der Waals surface area contributed by atoms with E-state index in [-0.39, 0.29) is 17.0 Å². The lowest BCUT2D eigenvalue weighted by Gasteiger charge is -2.11. The van der Waals surface area contributed by atoms with Gasteiger partial charge in [-0.15, -0.1) is 5.10 Å². The van der Waals surface area contributed by atoms with Gasteiger partial charge in [-0.1, -0.05) is 0 Å². The van der Waals surface area contributed by atoms with Crippen LogP contribution in [0.2, 0.25) is 0 Å². The van der Waals surface area contributed by atoms with E-state index in [1.165, 1.54) is 19.1 Å². The van der Waals surface area contributed by atoms with E-state index in [9.17, 15) is 27.7 Å². The number of rotatable bonds is 4. The predicted octanol–water partition coefficient (Wildman–Crippen LogP) is 3.71. The van der Waals surface area contributed by atoms with Crippen LogP contribution in [0.5, 0.6) is 5.88 Å². The fraction of sp³-hybridized carbons (Fsp3) is 0.188. The van der Waals surface area contributed by atoms with E-state index in [1.807, 2.05) is 0 Å². The molecule has 3 rings (SSSR count). The second-order valence-corrected chi connectivity index (χ2v) is 5.56. The molecule has 0 atom stereocenters. The van der Waals surface area contributed by atoms with E-state index in [2.05, 4.69) is 15.1 Å². The lowest BCUT2D eigenvalue weighted by Crippen LogP contribution is -2.14. The summed E-state index contributed by atoms with van der Waals surface area (Å²) >= 11 is 0. The number of halogens is 4. The Balaban J connectivity index is 2.25. The molecule has 0 spiro atoms. The Hall–Kier alpha value is -3.57. The first-order valence-electron chi connectivity index (χ1n) is 7.62. The van der Waals surface area contributed by atoms with Crippen molar-refractivity contribution in [3.8, 4) is 23.1 Å². The molecule has 8 nitrogen and oxygen atoms in total. The Bertz CT molecular complexity index is 1050. The van der Waals surface area contributed by atoms with Crippen LogP contribution in [0, 0.1) is 22.9 Å². The maximum Gasteiger partial charge on any atom is 0.433 e. The Labute approximate surface area is 154 Å². The molecule has 0 saturated carbocycles. The summed E-state index contributed by atoms with van der Waals surface area (Å²) in [5.74, 6) is -1.51. The van der Waals surface area contributed by atoms with Crippen LogP contribution in [0.3, 0.4) is 0 Å². The second-order valence-electron chi connectivity index (χ2n) is 5.56. The molecule has 0 bridgehead atoms. The fourth-order valence-corrected chi connectivity index (χ4v) is 2.45. The van der Waals surface area contributed by atoms with Crippen molar-refractivity contribution in [2.24, 2.45) is 0 Å². The van der Waals surface area contributed by atoms with Gasteiger partial charge in [0.1, 0.15) is 11.5 Å². The summed E-state index contributed by atoms with van der Waals surface area (Å²) in [6.45, 7) is 1.27. The molecule has 28 heavy (non-hydrogen) atoms. The highest BCUT2D eigenvalue weighted by Gasteiger charge is 2.35. The average molecular weight is 397 g/mol. The van der Waals surface area contributed by atoms with Gasteiger partial charge in [0.25, 0.3) is 5.95 Å². The summed E-state index contributed by atoms with van der Waals surface area (Å²) in [5.41, 5.74) is -1.89. The summed E-state index contributed by atoms with van der Waals surface area (Å²) in [7, 11) is 1.13. The molecular weight excluding hydrogens is 386 g/mol. The number of aromatic nitrogens is 4. The third kappa shape index (κ3) is 3.48.